The van der Waals surface area contributed by atoms with Crippen molar-refractivity contribution >= 4 is 23.4 Å². The molecule has 0 aromatic heterocycles. The molecule has 2 aliphatic heterocycles. The molecule has 1 spiro atoms. The van der Waals surface area contributed by atoms with Crippen LogP contribution in [0.1, 0.15) is 52.8 Å². The van der Waals surface area contributed by atoms with Gasteiger partial charge in [0.1, 0.15) is 0 Å². The van der Waals surface area contributed by atoms with Gasteiger partial charge in [0.2, 0.25) is 11.8 Å². The normalized spacial score (nSPS) is 30.5. The predicted octanol–water partition coefficient (Wildman–Crippen LogP) is 1.68. The fourth-order valence-corrected chi connectivity index (χ4v) is 5.80. The van der Waals surface area contributed by atoms with Gasteiger partial charge in [-0.15, -0.1) is 0 Å². The van der Waals surface area contributed by atoms with Gasteiger partial charge in [-0.05, 0) is 19.9 Å². The van der Waals surface area contributed by atoms with E-state index in [0.717, 1.165) is 32.1 Å². The third-order valence-corrected chi connectivity index (χ3v) is 7.03. The molecule has 1 aromatic rings. The van der Waals surface area contributed by atoms with Crippen LogP contribution in [0.5, 0.6) is 0 Å². The maximum absolute atomic E-state index is 13.4. The van der Waals surface area contributed by atoms with E-state index in [0.29, 0.717) is 11.1 Å². The molecule has 2 amide bonds. The van der Waals surface area contributed by atoms with Gasteiger partial charge in [0.25, 0.3) is 0 Å². The molecule has 0 N–H and O–H groups in total. The molecule has 0 radical (unpaired) electrons. The van der Waals surface area contributed by atoms with Crippen LogP contribution in [0.15, 0.2) is 24.3 Å². The van der Waals surface area contributed by atoms with Crippen molar-refractivity contribution in [2.24, 2.45) is 11.8 Å². The van der Waals surface area contributed by atoms with Crippen molar-refractivity contribution in [3.63, 3.8) is 0 Å². The third-order valence-electron chi connectivity index (χ3n) is 7.03. The first-order valence-corrected chi connectivity index (χ1v) is 9.76. The summed E-state index contributed by atoms with van der Waals surface area (Å²) >= 11 is 0. The molecule has 1 aromatic carbocycles. The molecule has 2 atom stereocenters. The molecule has 4 aliphatic rings. The second-order valence-corrected chi connectivity index (χ2v) is 8.27. The van der Waals surface area contributed by atoms with E-state index >= 15 is 0 Å². The summed E-state index contributed by atoms with van der Waals surface area (Å²) in [4.78, 5) is 56.4. The van der Waals surface area contributed by atoms with Crippen molar-refractivity contribution < 1.29 is 19.2 Å². The standard InChI is InChI=1S/C21H22N2O4/c1-22-11-15-16(20(27)23(19(15)26)12-7-3-2-4-8-12)21(22)17(24)13-9-5-6-10-14(13)18(21)25/h5-6,9-10,12,15-16H,2-4,7-8,11H2,1H3. The minimum absolute atomic E-state index is 0.0827. The first-order chi connectivity index (χ1) is 13.0. The number of carbonyl (C=O) groups excluding carboxylic acids is 4. The highest BCUT2D eigenvalue weighted by atomic mass is 16.2. The van der Waals surface area contributed by atoms with Crippen LogP contribution in [-0.2, 0) is 9.59 Å². The molecule has 6 nitrogen and oxygen atoms in total. The van der Waals surface area contributed by atoms with E-state index in [1.807, 2.05) is 0 Å². The summed E-state index contributed by atoms with van der Waals surface area (Å²) in [6.07, 6.45) is 4.78. The van der Waals surface area contributed by atoms with Crippen LogP contribution in [0.2, 0.25) is 0 Å². The van der Waals surface area contributed by atoms with Crippen LogP contribution in [0.4, 0.5) is 0 Å². The highest BCUT2D eigenvalue weighted by molar-refractivity contribution is 6.35. The SMILES string of the molecule is CN1CC2C(=O)N(C3CCCCC3)C(=O)C2C12C(=O)c1ccccc1C2=O. The van der Waals surface area contributed by atoms with E-state index in [4.69, 9.17) is 0 Å². The van der Waals surface area contributed by atoms with Crippen LogP contribution in [0.25, 0.3) is 0 Å². The van der Waals surface area contributed by atoms with Crippen LogP contribution in [-0.4, -0.2) is 58.4 Å². The molecule has 140 valence electrons. The minimum atomic E-state index is -1.55. The average Bonchev–Trinajstić information content (AvgIpc) is 3.21. The maximum atomic E-state index is 13.4. The molecule has 2 aliphatic carbocycles. The number of nitrogens with zero attached hydrogens (tertiary/aromatic N) is 2. The topological polar surface area (TPSA) is 74.8 Å². The Balaban J connectivity index is 1.60. The number of likely N-dealkylation sites (N-methyl/N-ethyl adjacent to an activating group) is 1. The molecule has 2 heterocycles. The summed E-state index contributed by atoms with van der Waals surface area (Å²) in [5.74, 6) is -2.68. The third kappa shape index (κ3) is 1.89. The molecule has 6 heteroatoms. The van der Waals surface area contributed by atoms with Crippen molar-refractivity contribution in [2.45, 2.75) is 43.7 Å². The zero-order chi connectivity index (χ0) is 18.9. The van der Waals surface area contributed by atoms with E-state index in [1.54, 1.807) is 36.2 Å². The highest BCUT2D eigenvalue weighted by Crippen LogP contribution is 2.51. The van der Waals surface area contributed by atoms with Gasteiger partial charge in [0, 0.05) is 23.7 Å². The summed E-state index contributed by atoms with van der Waals surface area (Å²) in [5.41, 5.74) is -0.817. The van der Waals surface area contributed by atoms with Crippen molar-refractivity contribution in [3.05, 3.63) is 35.4 Å². The molecular weight excluding hydrogens is 344 g/mol. The summed E-state index contributed by atoms with van der Waals surface area (Å²) in [6, 6.07) is 6.66. The Bertz CT molecular complexity index is 851. The number of amides is 2. The molecule has 1 saturated carbocycles. The Kier molecular flexibility index (Phi) is 3.47. The van der Waals surface area contributed by atoms with Gasteiger partial charge in [0.05, 0.1) is 11.8 Å². The van der Waals surface area contributed by atoms with Gasteiger partial charge in [-0.3, -0.25) is 29.0 Å². The van der Waals surface area contributed by atoms with E-state index in [9.17, 15) is 19.2 Å². The first kappa shape index (κ1) is 16.8. The lowest BCUT2D eigenvalue weighted by Gasteiger charge is -2.35. The van der Waals surface area contributed by atoms with Crippen molar-refractivity contribution in [1.82, 2.24) is 9.80 Å². The van der Waals surface area contributed by atoms with Gasteiger partial charge in [0.15, 0.2) is 17.1 Å². The lowest BCUT2D eigenvalue weighted by molar-refractivity contribution is -0.144. The van der Waals surface area contributed by atoms with E-state index in [2.05, 4.69) is 0 Å². The summed E-state index contributed by atoms with van der Waals surface area (Å²) in [7, 11) is 1.69. The highest BCUT2D eigenvalue weighted by Gasteiger charge is 2.72. The van der Waals surface area contributed by atoms with Crippen LogP contribution in [0.3, 0.4) is 0 Å². The number of Topliss-reactive ketones (excluding diaryl/α,β-unsaturated/α-hetero) is 2. The number of hydrogen-bond acceptors (Lipinski definition) is 5. The Labute approximate surface area is 157 Å². The number of ketones is 2. The molecule has 5 rings (SSSR count). The van der Waals surface area contributed by atoms with E-state index in [1.165, 1.54) is 4.90 Å². The van der Waals surface area contributed by atoms with Crippen LogP contribution in [0, 0.1) is 11.8 Å². The van der Waals surface area contributed by atoms with Crippen molar-refractivity contribution in [3.8, 4) is 0 Å². The molecule has 2 saturated heterocycles. The van der Waals surface area contributed by atoms with Gasteiger partial charge >= 0.3 is 0 Å². The Morgan fingerprint density at radius 2 is 1.48 bits per heavy atom. The summed E-state index contributed by atoms with van der Waals surface area (Å²) < 4.78 is 0. The number of imide groups is 1. The van der Waals surface area contributed by atoms with Crippen LogP contribution < -0.4 is 0 Å². The Morgan fingerprint density at radius 3 is 2.07 bits per heavy atom. The fraction of sp³-hybridized carbons (Fsp3) is 0.524. The largest absolute Gasteiger partial charge is 0.291 e. The number of hydrogen-bond donors (Lipinski definition) is 0. The van der Waals surface area contributed by atoms with Gasteiger partial charge < -0.3 is 0 Å². The lowest BCUT2D eigenvalue weighted by atomic mass is 9.77. The van der Waals surface area contributed by atoms with E-state index < -0.39 is 17.4 Å². The van der Waals surface area contributed by atoms with E-state index in [-0.39, 0.29) is 36.0 Å². The first-order valence-electron chi connectivity index (χ1n) is 9.76. The molecule has 27 heavy (non-hydrogen) atoms. The fourth-order valence-electron chi connectivity index (χ4n) is 5.80. The number of likely N-dealkylation sites (tertiary alicyclic amines) is 2. The predicted molar refractivity (Wildman–Crippen MR) is 96.2 cm³/mol. The molecule has 0 bridgehead atoms. The number of carbonyl (C=O) groups is 4. The van der Waals surface area contributed by atoms with Crippen molar-refractivity contribution in [2.75, 3.05) is 13.6 Å². The molecule has 2 unspecified atom stereocenters. The lowest BCUT2D eigenvalue weighted by Crippen LogP contribution is -2.58. The van der Waals surface area contributed by atoms with Gasteiger partial charge in [-0.25, -0.2) is 0 Å². The smallest absolute Gasteiger partial charge is 0.236 e. The monoisotopic (exact) mass is 366 g/mol. The van der Waals surface area contributed by atoms with Gasteiger partial charge in [-0.2, -0.15) is 0 Å². The average molecular weight is 366 g/mol. The zero-order valence-electron chi connectivity index (χ0n) is 15.3. The zero-order valence-corrected chi connectivity index (χ0v) is 15.3. The van der Waals surface area contributed by atoms with Gasteiger partial charge in [-0.1, -0.05) is 43.5 Å². The molecule has 3 fully saturated rings. The maximum Gasteiger partial charge on any atom is 0.236 e. The quantitative estimate of drug-likeness (QED) is 0.558. The number of benzene rings is 1. The molecular formula is C21H22N2O4. The second-order valence-electron chi connectivity index (χ2n) is 8.27. The Hall–Kier alpha value is -2.34. The minimum Gasteiger partial charge on any atom is -0.291 e. The second kappa shape index (κ2) is 5.58. The summed E-state index contributed by atoms with van der Waals surface area (Å²) in [5, 5.41) is 0. The van der Waals surface area contributed by atoms with Crippen molar-refractivity contribution in [1.29, 1.82) is 0 Å². The Morgan fingerprint density at radius 1 is 0.889 bits per heavy atom. The number of rotatable bonds is 1. The summed E-state index contributed by atoms with van der Waals surface area (Å²) in [6.45, 7) is 0.268. The number of fused-ring (bicyclic) bond motifs is 3. The van der Waals surface area contributed by atoms with Crippen LogP contribution >= 0.6 is 0 Å².